The van der Waals surface area contributed by atoms with Gasteiger partial charge in [-0.3, -0.25) is 10.1 Å². The Morgan fingerprint density at radius 3 is 2.38 bits per heavy atom. The molecule has 0 saturated heterocycles. The molecule has 0 fully saturated rings. The number of nitro groups is 1. The van der Waals surface area contributed by atoms with Crippen molar-refractivity contribution in [1.82, 2.24) is 5.32 Å². The minimum Gasteiger partial charge on any atom is -0.314 e. The second-order valence-corrected chi connectivity index (χ2v) is 4.89. The van der Waals surface area contributed by atoms with Crippen LogP contribution in [-0.2, 0) is 6.18 Å². The Hall–Kier alpha value is -1.63. The Labute approximate surface area is 121 Å². The van der Waals surface area contributed by atoms with Gasteiger partial charge in [-0.2, -0.15) is 13.2 Å². The number of alkyl halides is 3. The molecule has 1 aromatic rings. The molecule has 0 aliphatic heterocycles. The van der Waals surface area contributed by atoms with E-state index in [1.165, 1.54) is 6.07 Å². The third-order valence-electron chi connectivity index (χ3n) is 3.56. The van der Waals surface area contributed by atoms with Crippen LogP contribution in [0, 0.1) is 10.1 Å². The van der Waals surface area contributed by atoms with Gasteiger partial charge in [0.2, 0.25) is 0 Å². The predicted molar refractivity (Wildman–Crippen MR) is 74.3 cm³/mol. The molecule has 7 heteroatoms. The van der Waals surface area contributed by atoms with Gasteiger partial charge in [0.15, 0.2) is 0 Å². The maximum atomic E-state index is 13.0. The molecule has 0 aliphatic rings. The normalized spacial score (nSPS) is 14.8. The number of nitro benzene ring substituents is 1. The van der Waals surface area contributed by atoms with Crippen molar-refractivity contribution in [2.45, 2.75) is 45.3 Å². The van der Waals surface area contributed by atoms with Gasteiger partial charge in [0.05, 0.1) is 4.92 Å². The van der Waals surface area contributed by atoms with Crippen molar-refractivity contribution in [3.63, 3.8) is 0 Å². The summed E-state index contributed by atoms with van der Waals surface area (Å²) < 4.78 is 38.9. The highest BCUT2D eigenvalue weighted by Gasteiger charge is 2.38. The Morgan fingerprint density at radius 1 is 1.33 bits per heavy atom. The van der Waals surface area contributed by atoms with E-state index in [0.717, 1.165) is 18.6 Å². The SMILES string of the molecule is CCNC(CC)C(C)c1ccc([N+](=O)[O-])c(C(F)(F)F)c1. The molecule has 0 amide bonds. The fraction of sp³-hybridized carbons (Fsp3) is 0.571. The van der Waals surface area contributed by atoms with Gasteiger partial charge in [-0.05, 0) is 30.5 Å². The first kappa shape index (κ1) is 17.4. The lowest BCUT2D eigenvalue weighted by Gasteiger charge is -2.24. The molecular weight excluding hydrogens is 285 g/mol. The van der Waals surface area contributed by atoms with E-state index in [1.807, 2.05) is 20.8 Å². The Morgan fingerprint density at radius 2 is 1.95 bits per heavy atom. The molecule has 0 radical (unpaired) electrons. The molecule has 0 aromatic heterocycles. The van der Waals surface area contributed by atoms with Crippen LogP contribution >= 0.6 is 0 Å². The number of hydrogen-bond donors (Lipinski definition) is 1. The van der Waals surface area contributed by atoms with E-state index in [1.54, 1.807) is 0 Å². The number of halogens is 3. The van der Waals surface area contributed by atoms with Gasteiger partial charge in [-0.15, -0.1) is 0 Å². The van der Waals surface area contributed by atoms with Crippen molar-refractivity contribution in [3.8, 4) is 0 Å². The summed E-state index contributed by atoms with van der Waals surface area (Å²) in [4.78, 5) is 9.73. The van der Waals surface area contributed by atoms with Gasteiger partial charge < -0.3 is 5.32 Å². The summed E-state index contributed by atoms with van der Waals surface area (Å²) in [5, 5.41) is 13.9. The summed E-state index contributed by atoms with van der Waals surface area (Å²) in [6, 6.07) is 3.26. The summed E-state index contributed by atoms with van der Waals surface area (Å²) in [6.45, 7) is 6.40. The zero-order chi connectivity index (χ0) is 16.2. The van der Waals surface area contributed by atoms with Gasteiger partial charge >= 0.3 is 6.18 Å². The maximum absolute atomic E-state index is 13.0. The molecule has 4 nitrogen and oxygen atoms in total. The van der Waals surface area contributed by atoms with E-state index in [4.69, 9.17) is 0 Å². The van der Waals surface area contributed by atoms with Crippen LogP contribution in [0.3, 0.4) is 0 Å². The average Bonchev–Trinajstić information content (AvgIpc) is 2.42. The molecule has 118 valence electrons. The first-order valence-corrected chi connectivity index (χ1v) is 6.81. The fourth-order valence-corrected chi connectivity index (χ4v) is 2.39. The van der Waals surface area contributed by atoms with Gasteiger partial charge in [0.1, 0.15) is 5.56 Å². The molecule has 1 N–H and O–H groups in total. The minimum absolute atomic E-state index is 0.0255. The Kier molecular flexibility index (Phi) is 5.71. The van der Waals surface area contributed by atoms with Crippen molar-refractivity contribution in [1.29, 1.82) is 0 Å². The zero-order valence-electron chi connectivity index (χ0n) is 12.2. The number of nitrogens with one attached hydrogen (secondary N) is 1. The number of rotatable bonds is 6. The summed E-state index contributed by atoms with van der Waals surface area (Å²) in [5.74, 6) is -0.170. The predicted octanol–water partition coefficient (Wildman–Crippen LogP) is 4.11. The molecular formula is C14H19F3N2O2. The fourth-order valence-electron chi connectivity index (χ4n) is 2.39. The standard InChI is InChI=1S/C14H19F3N2O2/c1-4-12(18-5-2)9(3)10-6-7-13(19(20)21)11(8-10)14(15,16)17/h6-9,12,18H,4-5H2,1-3H3. The van der Waals surface area contributed by atoms with Crippen LogP contribution in [0.15, 0.2) is 18.2 Å². The molecule has 0 heterocycles. The quantitative estimate of drug-likeness (QED) is 0.635. The number of hydrogen-bond acceptors (Lipinski definition) is 3. The Bertz CT molecular complexity index is 503. The van der Waals surface area contributed by atoms with Crippen molar-refractivity contribution in [2.75, 3.05) is 6.54 Å². The number of nitrogens with zero attached hydrogens (tertiary/aromatic N) is 1. The van der Waals surface area contributed by atoms with Crippen molar-refractivity contribution in [2.24, 2.45) is 0 Å². The first-order chi connectivity index (χ1) is 9.72. The van der Waals surface area contributed by atoms with E-state index in [0.29, 0.717) is 12.1 Å². The molecule has 21 heavy (non-hydrogen) atoms. The maximum Gasteiger partial charge on any atom is 0.423 e. The van der Waals surface area contributed by atoms with Crippen LogP contribution < -0.4 is 5.32 Å². The molecule has 2 atom stereocenters. The Balaban J connectivity index is 3.24. The lowest BCUT2D eigenvalue weighted by Crippen LogP contribution is -2.33. The van der Waals surface area contributed by atoms with E-state index in [-0.39, 0.29) is 12.0 Å². The van der Waals surface area contributed by atoms with Gasteiger partial charge in [-0.25, -0.2) is 0 Å². The lowest BCUT2D eigenvalue weighted by atomic mass is 9.90. The highest BCUT2D eigenvalue weighted by Crippen LogP contribution is 2.38. The molecule has 0 saturated carbocycles. The second-order valence-electron chi connectivity index (χ2n) is 4.89. The van der Waals surface area contributed by atoms with Crippen LogP contribution in [0.4, 0.5) is 18.9 Å². The second kappa shape index (κ2) is 6.89. The largest absolute Gasteiger partial charge is 0.423 e. The molecule has 0 bridgehead atoms. The van der Waals surface area contributed by atoms with Crippen LogP contribution in [0.2, 0.25) is 0 Å². The molecule has 1 rings (SSSR count). The summed E-state index contributed by atoms with van der Waals surface area (Å²) >= 11 is 0. The first-order valence-electron chi connectivity index (χ1n) is 6.81. The van der Waals surface area contributed by atoms with Gasteiger partial charge in [0, 0.05) is 12.1 Å². The number of likely N-dealkylation sites (N-methyl/N-ethyl adjacent to an activating group) is 1. The third kappa shape index (κ3) is 4.17. The van der Waals surface area contributed by atoms with Gasteiger partial charge in [-0.1, -0.05) is 26.8 Å². The van der Waals surface area contributed by atoms with Crippen molar-refractivity contribution < 1.29 is 18.1 Å². The van der Waals surface area contributed by atoms with E-state index >= 15 is 0 Å². The van der Waals surface area contributed by atoms with Crippen LogP contribution in [0.1, 0.15) is 44.2 Å². The van der Waals surface area contributed by atoms with Crippen molar-refractivity contribution >= 4 is 5.69 Å². The molecule has 2 unspecified atom stereocenters. The zero-order valence-corrected chi connectivity index (χ0v) is 12.2. The summed E-state index contributed by atoms with van der Waals surface area (Å²) in [7, 11) is 0. The lowest BCUT2D eigenvalue weighted by molar-refractivity contribution is -0.388. The number of benzene rings is 1. The van der Waals surface area contributed by atoms with Crippen LogP contribution in [0.5, 0.6) is 0 Å². The van der Waals surface area contributed by atoms with E-state index in [9.17, 15) is 23.3 Å². The average molecular weight is 304 g/mol. The molecule has 0 spiro atoms. The summed E-state index contributed by atoms with van der Waals surface area (Å²) in [6.07, 6.45) is -3.98. The van der Waals surface area contributed by atoms with Crippen LogP contribution in [-0.4, -0.2) is 17.5 Å². The van der Waals surface area contributed by atoms with E-state index < -0.39 is 22.4 Å². The topological polar surface area (TPSA) is 55.2 Å². The smallest absolute Gasteiger partial charge is 0.314 e. The monoisotopic (exact) mass is 304 g/mol. The summed E-state index contributed by atoms with van der Waals surface area (Å²) in [5.41, 5.74) is -1.65. The van der Waals surface area contributed by atoms with Gasteiger partial charge in [0.25, 0.3) is 5.69 Å². The molecule has 1 aromatic carbocycles. The minimum atomic E-state index is -4.74. The highest BCUT2D eigenvalue weighted by molar-refractivity contribution is 5.45. The third-order valence-corrected chi connectivity index (χ3v) is 3.56. The van der Waals surface area contributed by atoms with E-state index in [2.05, 4.69) is 5.32 Å². The highest BCUT2D eigenvalue weighted by atomic mass is 19.4. The van der Waals surface area contributed by atoms with Crippen molar-refractivity contribution in [3.05, 3.63) is 39.4 Å². The van der Waals surface area contributed by atoms with Crippen LogP contribution in [0.25, 0.3) is 0 Å². The molecule has 0 aliphatic carbocycles.